The van der Waals surface area contributed by atoms with Gasteiger partial charge in [-0.1, -0.05) is 6.07 Å². The smallest absolute Gasteiger partial charge is 0.255 e. The Hall–Kier alpha value is -4.90. The minimum absolute atomic E-state index is 0.0192. The molecule has 0 saturated heterocycles. The summed E-state index contributed by atoms with van der Waals surface area (Å²) >= 11 is 0. The van der Waals surface area contributed by atoms with E-state index in [9.17, 15) is 23.9 Å². The van der Waals surface area contributed by atoms with Crippen molar-refractivity contribution in [3.8, 4) is 22.8 Å². The summed E-state index contributed by atoms with van der Waals surface area (Å²) in [5.74, 6) is -1.46. The molecule has 4 aromatic rings. The number of halogens is 1. The first-order chi connectivity index (χ1) is 19.9. The maximum absolute atomic E-state index is 13.7. The highest BCUT2D eigenvalue weighted by Gasteiger charge is 2.45. The van der Waals surface area contributed by atoms with E-state index in [1.54, 1.807) is 37.4 Å². The number of nitrogens with zero attached hydrogens (tertiary/aromatic N) is 2. The van der Waals surface area contributed by atoms with Gasteiger partial charge in [0.2, 0.25) is 5.91 Å². The number of rotatable bonds is 10. The van der Waals surface area contributed by atoms with Gasteiger partial charge in [0.25, 0.3) is 5.91 Å². The van der Waals surface area contributed by atoms with Crippen molar-refractivity contribution in [2.75, 3.05) is 13.2 Å². The van der Waals surface area contributed by atoms with Crippen LogP contribution in [0.2, 0.25) is 0 Å². The SMILES string of the molecule is C[C@](O)(CCC(=O)c1cc(OCC(N)=O)c2ncccc2c1)c1cc2c(c(-c3ccc(F)cc3)n1)OC[C@]2(C)C(N)=O. The Labute approximate surface area is 240 Å². The van der Waals surface area contributed by atoms with Crippen LogP contribution in [0.4, 0.5) is 4.39 Å². The molecule has 3 heterocycles. The number of carbonyl (C=O) groups is 3. The second kappa shape index (κ2) is 10.8. The van der Waals surface area contributed by atoms with E-state index in [4.69, 9.17) is 20.9 Å². The van der Waals surface area contributed by atoms with Crippen molar-refractivity contribution >= 4 is 28.5 Å². The molecule has 1 aliphatic rings. The lowest BCUT2D eigenvalue weighted by atomic mass is 9.81. The van der Waals surface area contributed by atoms with Crippen LogP contribution in [0.5, 0.6) is 11.5 Å². The third kappa shape index (κ3) is 5.38. The second-order valence-electron chi connectivity index (χ2n) is 10.7. The lowest BCUT2D eigenvalue weighted by Gasteiger charge is -2.26. The summed E-state index contributed by atoms with van der Waals surface area (Å²) in [6, 6.07) is 13.8. The van der Waals surface area contributed by atoms with E-state index in [-0.39, 0.29) is 43.3 Å². The van der Waals surface area contributed by atoms with Crippen LogP contribution >= 0.6 is 0 Å². The van der Waals surface area contributed by atoms with Gasteiger partial charge in [0.15, 0.2) is 12.4 Å². The monoisotopic (exact) mass is 572 g/mol. The van der Waals surface area contributed by atoms with Crippen molar-refractivity contribution in [2.24, 2.45) is 11.5 Å². The van der Waals surface area contributed by atoms with E-state index in [1.807, 2.05) is 0 Å². The number of aromatic nitrogens is 2. The number of ketones is 1. The number of pyridine rings is 2. The van der Waals surface area contributed by atoms with Crippen LogP contribution in [-0.2, 0) is 20.6 Å². The van der Waals surface area contributed by atoms with E-state index in [0.29, 0.717) is 39.0 Å². The second-order valence-corrected chi connectivity index (χ2v) is 10.7. The molecule has 2 amide bonds. The molecule has 10 nitrogen and oxygen atoms in total. The molecule has 1 aliphatic heterocycles. The Morgan fingerprint density at radius 2 is 1.88 bits per heavy atom. The predicted molar refractivity (Wildman–Crippen MR) is 151 cm³/mol. The molecule has 11 heteroatoms. The molecule has 0 spiro atoms. The average Bonchev–Trinajstić information content (AvgIpc) is 3.32. The zero-order valence-electron chi connectivity index (χ0n) is 23.0. The Bertz CT molecular complexity index is 1720. The maximum atomic E-state index is 13.7. The minimum Gasteiger partial charge on any atom is -0.489 e. The molecule has 216 valence electrons. The van der Waals surface area contributed by atoms with E-state index < -0.39 is 28.6 Å². The van der Waals surface area contributed by atoms with Crippen LogP contribution in [0.3, 0.4) is 0 Å². The van der Waals surface area contributed by atoms with Gasteiger partial charge in [-0.3, -0.25) is 19.4 Å². The van der Waals surface area contributed by atoms with Gasteiger partial charge in [0.1, 0.15) is 46.1 Å². The summed E-state index contributed by atoms with van der Waals surface area (Å²) in [6.07, 6.45) is 1.45. The van der Waals surface area contributed by atoms with Crippen LogP contribution in [0.1, 0.15) is 48.3 Å². The third-order valence-electron chi connectivity index (χ3n) is 7.49. The summed E-state index contributed by atoms with van der Waals surface area (Å²) in [6.45, 7) is 2.76. The van der Waals surface area contributed by atoms with Crippen molar-refractivity contribution in [3.05, 3.63) is 83.4 Å². The lowest BCUT2D eigenvalue weighted by Crippen LogP contribution is -2.40. The topological polar surface area (TPSA) is 168 Å². The molecule has 2 atom stereocenters. The minimum atomic E-state index is -1.62. The molecule has 2 aromatic carbocycles. The number of carbonyl (C=O) groups excluding carboxylic acids is 3. The zero-order valence-corrected chi connectivity index (χ0v) is 23.0. The molecule has 0 saturated carbocycles. The largest absolute Gasteiger partial charge is 0.489 e. The number of benzene rings is 2. The molecule has 0 bridgehead atoms. The third-order valence-corrected chi connectivity index (χ3v) is 7.49. The Balaban J connectivity index is 1.47. The van der Waals surface area contributed by atoms with Crippen LogP contribution in [0.15, 0.2) is 60.8 Å². The summed E-state index contributed by atoms with van der Waals surface area (Å²) in [7, 11) is 0. The fourth-order valence-electron chi connectivity index (χ4n) is 4.87. The van der Waals surface area contributed by atoms with Crippen molar-refractivity contribution in [1.29, 1.82) is 0 Å². The van der Waals surface area contributed by atoms with Gasteiger partial charge in [-0.15, -0.1) is 0 Å². The zero-order chi connectivity index (χ0) is 30.2. The van der Waals surface area contributed by atoms with Gasteiger partial charge in [-0.2, -0.15) is 0 Å². The first-order valence-corrected chi connectivity index (χ1v) is 13.2. The highest BCUT2D eigenvalue weighted by atomic mass is 19.1. The Kier molecular flexibility index (Phi) is 7.38. The quantitative estimate of drug-likeness (QED) is 0.243. The number of primary amides is 2. The summed E-state index contributed by atoms with van der Waals surface area (Å²) in [5, 5.41) is 12.2. The van der Waals surface area contributed by atoms with Gasteiger partial charge in [0.05, 0.1) is 5.69 Å². The molecule has 42 heavy (non-hydrogen) atoms. The molecular formula is C31H29FN4O6. The van der Waals surface area contributed by atoms with Crippen LogP contribution in [-0.4, -0.2) is 45.9 Å². The first-order valence-electron chi connectivity index (χ1n) is 13.2. The first kappa shape index (κ1) is 28.6. The molecule has 5 rings (SSSR count). The van der Waals surface area contributed by atoms with E-state index in [0.717, 1.165) is 0 Å². The molecule has 0 radical (unpaired) electrons. The number of aliphatic hydroxyl groups is 1. The molecule has 5 N–H and O–H groups in total. The summed E-state index contributed by atoms with van der Waals surface area (Å²) < 4.78 is 25.0. The van der Waals surface area contributed by atoms with Gasteiger partial charge in [0, 0.05) is 34.7 Å². The fourth-order valence-corrected chi connectivity index (χ4v) is 4.87. The standard InChI is InChI=1S/C31H29FN4O6/c1-30(29(34)39)16-42-28-21(30)14-24(36-27(28)17-5-7-20(32)8-6-17)31(2,40)10-9-22(37)19-12-18-4-3-11-35-26(18)23(13-19)41-15-25(33)38/h3-8,11-14,40H,9-10,15-16H2,1-2H3,(H2,33,38)(H2,34,39)/t30-,31-/m0/s1. The van der Waals surface area contributed by atoms with E-state index in [1.165, 1.54) is 37.3 Å². The molecule has 0 aliphatic carbocycles. The Morgan fingerprint density at radius 3 is 2.57 bits per heavy atom. The van der Waals surface area contributed by atoms with Gasteiger partial charge >= 0.3 is 0 Å². The van der Waals surface area contributed by atoms with Gasteiger partial charge < -0.3 is 26.0 Å². The number of hydrogen-bond acceptors (Lipinski definition) is 8. The predicted octanol–water partition coefficient (Wildman–Crippen LogP) is 3.31. The van der Waals surface area contributed by atoms with E-state index in [2.05, 4.69) is 9.97 Å². The number of ether oxygens (including phenoxy) is 2. The Morgan fingerprint density at radius 1 is 1.14 bits per heavy atom. The number of amides is 2. The van der Waals surface area contributed by atoms with Crippen LogP contribution < -0.4 is 20.9 Å². The van der Waals surface area contributed by atoms with Crippen molar-refractivity contribution in [2.45, 2.75) is 37.7 Å². The fraction of sp³-hybridized carbons (Fsp3) is 0.258. The highest BCUT2D eigenvalue weighted by Crippen LogP contribution is 2.46. The number of Topliss-reactive ketones (excluding diaryl/α,β-unsaturated/α-hetero) is 1. The molecule has 2 aromatic heterocycles. The van der Waals surface area contributed by atoms with Crippen LogP contribution in [0.25, 0.3) is 22.2 Å². The maximum Gasteiger partial charge on any atom is 0.255 e. The molecular weight excluding hydrogens is 543 g/mol. The van der Waals surface area contributed by atoms with Gasteiger partial charge in [-0.25, -0.2) is 9.37 Å². The molecule has 0 fully saturated rings. The normalized spacial score (nSPS) is 17.2. The number of hydrogen-bond donors (Lipinski definition) is 3. The molecule has 0 unspecified atom stereocenters. The average molecular weight is 573 g/mol. The highest BCUT2D eigenvalue weighted by molar-refractivity contribution is 6.01. The van der Waals surface area contributed by atoms with Crippen molar-refractivity contribution < 1.29 is 33.4 Å². The summed E-state index contributed by atoms with van der Waals surface area (Å²) in [4.78, 5) is 46.0. The lowest BCUT2D eigenvalue weighted by molar-refractivity contribution is -0.123. The number of nitrogens with two attached hydrogens (primary N) is 2. The van der Waals surface area contributed by atoms with Crippen molar-refractivity contribution in [1.82, 2.24) is 9.97 Å². The van der Waals surface area contributed by atoms with E-state index >= 15 is 0 Å². The van der Waals surface area contributed by atoms with Crippen LogP contribution in [0, 0.1) is 5.82 Å². The number of fused-ring (bicyclic) bond motifs is 2. The van der Waals surface area contributed by atoms with Gasteiger partial charge in [-0.05, 0) is 68.8 Å². The summed E-state index contributed by atoms with van der Waals surface area (Å²) in [5.41, 5.74) is 10.4. The van der Waals surface area contributed by atoms with Crippen molar-refractivity contribution in [3.63, 3.8) is 0 Å².